The van der Waals surface area contributed by atoms with E-state index in [0.717, 1.165) is 45.6 Å². The molecule has 3 heterocycles. The Kier molecular flexibility index (Phi) is 7.91. The van der Waals surface area contributed by atoms with Crippen LogP contribution in [0.2, 0.25) is 5.02 Å². The van der Waals surface area contributed by atoms with Crippen molar-refractivity contribution < 1.29 is 9.72 Å². The average Bonchev–Trinajstić information content (AvgIpc) is 3.36. The number of H-pyrrole nitrogens is 1. The highest BCUT2D eigenvalue weighted by Gasteiger charge is 2.25. The first kappa shape index (κ1) is 25.5. The number of carbonyl (C=O) groups excluding carboxylic acids is 1. The summed E-state index contributed by atoms with van der Waals surface area (Å²) in [6.07, 6.45) is 10.9. The molecular weight excluding hydrogens is 488 g/mol. The van der Waals surface area contributed by atoms with Crippen molar-refractivity contribution >= 4 is 40.2 Å². The number of carbonyl (C=O) groups is 1. The summed E-state index contributed by atoms with van der Waals surface area (Å²) >= 11 is 6.14. The molecule has 8 heteroatoms. The Morgan fingerprint density at radius 1 is 1.08 bits per heavy atom. The number of likely N-dealkylation sites (tertiary alicyclic amines) is 2. The van der Waals surface area contributed by atoms with Gasteiger partial charge in [-0.25, -0.2) is 0 Å². The van der Waals surface area contributed by atoms with Crippen LogP contribution >= 0.6 is 11.6 Å². The number of non-ortho nitro benzene ring substituents is 1. The minimum Gasteiger partial charge on any atom is -0.361 e. The SMILES string of the molecule is O=C(/C=C/c1cc([N+](=O)[O-])ccc1Cl)N1CCC(CCN2CCC(c3c[nH]c4ccccc34)CC2)CC1. The highest BCUT2D eigenvalue weighted by atomic mass is 35.5. The third kappa shape index (κ3) is 6.05. The predicted molar refractivity (Wildman–Crippen MR) is 148 cm³/mol. The number of para-hydroxylation sites is 1. The van der Waals surface area contributed by atoms with E-state index >= 15 is 0 Å². The van der Waals surface area contributed by atoms with Gasteiger partial charge in [0.25, 0.3) is 5.69 Å². The lowest BCUT2D eigenvalue weighted by Gasteiger charge is -2.35. The predicted octanol–water partition coefficient (Wildman–Crippen LogP) is 6.25. The number of nitrogens with one attached hydrogen (secondary N) is 1. The van der Waals surface area contributed by atoms with E-state index in [0.29, 0.717) is 22.4 Å². The molecule has 0 bridgehead atoms. The molecule has 7 nitrogen and oxygen atoms in total. The fourth-order valence-corrected chi connectivity index (χ4v) is 5.93. The summed E-state index contributed by atoms with van der Waals surface area (Å²) < 4.78 is 0. The zero-order chi connectivity index (χ0) is 25.8. The van der Waals surface area contributed by atoms with Gasteiger partial charge in [-0.2, -0.15) is 0 Å². The van der Waals surface area contributed by atoms with E-state index in [1.807, 2.05) is 4.90 Å². The van der Waals surface area contributed by atoms with E-state index in [-0.39, 0.29) is 11.6 Å². The Labute approximate surface area is 222 Å². The van der Waals surface area contributed by atoms with E-state index < -0.39 is 4.92 Å². The van der Waals surface area contributed by atoms with Crippen LogP contribution in [-0.4, -0.2) is 58.3 Å². The number of nitrogens with zero attached hydrogens (tertiary/aromatic N) is 3. The lowest BCUT2D eigenvalue weighted by molar-refractivity contribution is -0.384. The number of nitro groups is 1. The molecule has 1 N–H and O–H groups in total. The highest BCUT2D eigenvalue weighted by molar-refractivity contribution is 6.32. The third-order valence-electron chi connectivity index (χ3n) is 8.02. The fourth-order valence-electron chi connectivity index (χ4n) is 5.75. The lowest BCUT2D eigenvalue weighted by Crippen LogP contribution is -2.39. The van der Waals surface area contributed by atoms with Crippen LogP contribution in [0.5, 0.6) is 0 Å². The van der Waals surface area contributed by atoms with E-state index in [2.05, 4.69) is 40.3 Å². The van der Waals surface area contributed by atoms with E-state index in [1.165, 1.54) is 60.0 Å². The maximum Gasteiger partial charge on any atom is 0.270 e. The number of piperidine rings is 2. The molecular formula is C29H33ClN4O3. The van der Waals surface area contributed by atoms with E-state index in [1.54, 1.807) is 6.08 Å². The number of amides is 1. The van der Waals surface area contributed by atoms with Crippen molar-refractivity contribution in [1.29, 1.82) is 0 Å². The number of aromatic nitrogens is 1. The molecule has 3 aromatic rings. The molecule has 0 unspecified atom stereocenters. The number of nitro benzene ring substituents is 1. The summed E-state index contributed by atoms with van der Waals surface area (Å²) in [5, 5.41) is 12.8. The summed E-state index contributed by atoms with van der Waals surface area (Å²) in [5.41, 5.74) is 3.13. The van der Waals surface area contributed by atoms with Crippen molar-refractivity contribution in [3.05, 3.63) is 81.0 Å². The van der Waals surface area contributed by atoms with Crippen LogP contribution in [0.15, 0.2) is 54.7 Å². The molecule has 2 saturated heterocycles. The van der Waals surface area contributed by atoms with Gasteiger partial charge in [0.15, 0.2) is 0 Å². The molecule has 1 amide bonds. The Hall–Kier alpha value is -3.16. The van der Waals surface area contributed by atoms with Gasteiger partial charge in [-0.1, -0.05) is 29.8 Å². The lowest BCUT2D eigenvalue weighted by atomic mass is 9.88. The molecule has 194 valence electrons. The van der Waals surface area contributed by atoms with Crippen LogP contribution in [0.1, 0.15) is 49.1 Å². The summed E-state index contributed by atoms with van der Waals surface area (Å²) in [5.74, 6) is 1.21. The van der Waals surface area contributed by atoms with Crippen LogP contribution in [0, 0.1) is 16.0 Å². The van der Waals surface area contributed by atoms with Crippen molar-refractivity contribution in [2.45, 2.75) is 38.0 Å². The minimum atomic E-state index is -0.466. The van der Waals surface area contributed by atoms with Gasteiger partial charge in [0.2, 0.25) is 5.91 Å². The number of hydrogen-bond donors (Lipinski definition) is 1. The van der Waals surface area contributed by atoms with Crippen LogP contribution < -0.4 is 0 Å². The first-order chi connectivity index (χ1) is 18.0. The summed E-state index contributed by atoms with van der Waals surface area (Å²) in [6.45, 7) is 4.92. The Bertz CT molecular complexity index is 1290. The molecule has 0 spiro atoms. The Morgan fingerprint density at radius 3 is 2.59 bits per heavy atom. The topological polar surface area (TPSA) is 82.5 Å². The fraction of sp³-hybridized carbons (Fsp3) is 0.414. The maximum absolute atomic E-state index is 12.7. The Morgan fingerprint density at radius 2 is 1.84 bits per heavy atom. The number of aromatic amines is 1. The molecule has 5 rings (SSSR count). The van der Waals surface area contributed by atoms with Crippen molar-refractivity contribution in [2.75, 3.05) is 32.7 Å². The molecule has 2 aliphatic heterocycles. The zero-order valence-electron chi connectivity index (χ0n) is 20.9. The molecule has 2 aromatic carbocycles. The van der Waals surface area contributed by atoms with Gasteiger partial charge >= 0.3 is 0 Å². The van der Waals surface area contributed by atoms with Crippen LogP contribution in [0.25, 0.3) is 17.0 Å². The standard InChI is InChI=1S/C29H33ClN4O3/c30-27-7-6-24(34(36)37)19-23(27)5-8-29(35)33-17-10-21(11-18-33)9-14-32-15-12-22(13-16-32)26-20-31-28-4-2-1-3-25(26)28/h1-8,19-22,31H,9-18H2/b8-5+. The molecule has 2 aliphatic rings. The van der Waals surface area contributed by atoms with Gasteiger partial charge in [0, 0.05) is 59.0 Å². The number of fused-ring (bicyclic) bond motifs is 1. The van der Waals surface area contributed by atoms with Crippen molar-refractivity contribution in [2.24, 2.45) is 5.92 Å². The second-order valence-electron chi connectivity index (χ2n) is 10.3. The number of halogens is 1. The summed E-state index contributed by atoms with van der Waals surface area (Å²) in [6, 6.07) is 12.8. The van der Waals surface area contributed by atoms with Gasteiger partial charge in [-0.3, -0.25) is 14.9 Å². The van der Waals surface area contributed by atoms with Gasteiger partial charge in [0.05, 0.1) is 4.92 Å². The Balaban J connectivity index is 1.05. The molecule has 0 saturated carbocycles. The normalized spacial score (nSPS) is 18.1. The largest absolute Gasteiger partial charge is 0.361 e. The molecule has 0 atom stereocenters. The first-order valence-corrected chi connectivity index (χ1v) is 13.5. The highest BCUT2D eigenvalue weighted by Crippen LogP contribution is 2.33. The first-order valence-electron chi connectivity index (χ1n) is 13.2. The molecule has 2 fully saturated rings. The molecule has 0 radical (unpaired) electrons. The van der Waals surface area contributed by atoms with Gasteiger partial charge in [-0.15, -0.1) is 0 Å². The van der Waals surface area contributed by atoms with E-state index in [4.69, 9.17) is 11.6 Å². The van der Waals surface area contributed by atoms with Crippen LogP contribution in [-0.2, 0) is 4.79 Å². The number of benzene rings is 2. The third-order valence-corrected chi connectivity index (χ3v) is 8.37. The zero-order valence-corrected chi connectivity index (χ0v) is 21.7. The van der Waals surface area contributed by atoms with Gasteiger partial charge in [0.1, 0.15) is 0 Å². The van der Waals surface area contributed by atoms with Crippen LogP contribution in [0.3, 0.4) is 0 Å². The molecule has 0 aliphatic carbocycles. The van der Waals surface area contributed by atoms with Crippen molar-refractivity contribution in [3.63, 3.8) is 0 Å². The van der Waals surface area contributed by atoms with E-state index in [9.17, 15) is 14.9 Å². The second-order valence-corrected chi connectivity index (χ2v) is 10.7. The molecule has 1 aromatic heterocycles. The quantitative estimate of drug-likeness (QED) is 0.227. The van der Waals surface area contributed by atoms with Crippen molar-refractivity contribution in [3.8, 4) is 0 Å². The van der Waals surface area contributed by atoms with Crippen LogP contribution in [0.4, 0.5) is 5.69 Å². The van der Waals surface area contributed by atoms with Gasteiger partial charge < -0.3 is 14.8 Å². The van der Waals surface area contributed by atoms with Gasteiger partial charge in [-0.05, 0) is 87.3 Å². The average molecular weight is 521 g/mol. The smallest absolute Gasteiger partial charge is 0.270 e. The monoisotopic (exact) mass is 520 g/mol. The number of rotatable bonds is 7. The second kappa shape index (κ2) is 11.5. The number of hydrogen-bond acceptors (Lipinski definition) is 4. The van der Waals surface area contributed by atoms with Crippen molar-refractivity contribution in [1.82, 2.24) is 14.8 Å². The minimum absolute atomic E-state index is 0.0421. The molecule has 37 heavy (non-hydrogen) atoms. The summed E-state index contributed by atoms with van der Waals surface area (Å²) in [4.78, 5) is 31.1. The maximum atomic E-state index is 12.7. The summed E-state index contributed by atoms with van der Waals surface area (Å²) in [7, 11) is 0.